The Balaban J connectivity index is 1.80. The van der Waals surface area contributed by atoms with Crippen LogP contribution in [0.3, 0.4) is 0 Å². The third-order valence-electron chi connectivity index (χ3n) is 7.02. The van der Waals surface area contributed by atoms with E-state index in [9.17, 15) is 18.0 Å². The van der Waals surface area contributed by atoms with Crippen molar-refractivity contribution in [2.24, 2.45) is 0 Å². The van der Waals surface area contributed by atoms with Gasteiger partial charge in [0.05, 0.1) is 17.6 Å². The van der Waals surface area contributed by atoms with Crippen LogP contribution >= 0.6 is 0 Å². The van der Waals surface area contributed by atoms with Crippen LogP contribution in [0, 0.1) is 6.92 Å². The van der Waals surface area contributed by atoms with Gasteiger partial charge in [0.2, 0.25) is 5.60 Å². The molecule has 0 aromatic heterocycles. The van der Waals surface area contributed by atoms with E-state index in [4.69, 9.17) is 18.1 Å². The fourth-order valence-corrected chi connectivity index (χ4v) is 6.31. The second-order valence-corrected chi connectivity index (χ2v) is 17.2. The molecule has 0 N–H and O–H groups in total. The summed E-state index contributed by atoms with van der Waals surface area (Å²) < 4.78 is 48.0. The minimum Gasteiger partial charge on any atom is -0.455 e. The monoisotopic (exact) mass is 524 g/mol. The molecule has 8 nitrogen and oxygen atoms in total. The highest BCUT2D eigenvalue weighted by Crippen LogP contribution is 2.47. The molecule has 0 radical (unpaired) electrons. The van der Waals surface area contributed by atoms with Crippen molar-refractivity contribution in [2.75, 3.05) is 6.61 Å². The van der Waals surface area contributed by atoms with Crippen molar-refractivity contribution in [3.05, 3.63) is 41.5 Å². The molecular weight excluding hydrogens is 488 g/mol. The van der Waals surface area contributed by atoms with Crippen LogP contribution in [0.4, 0.5) is 0 Å². The van der Waals surface area contributed by atoms with Crippen molar-refractivity contribution >= 4 is 30.4 Å². The van der Waals surface area contributed by atoms with E-state index in [2.05, 4.69) is 33.9 Å². The lowest BCUT2D eigenvalue weighted by atomic mass is 9.80. The van der Waals surface area contributed by atoms with E-state index in [0.717, 1.165) is 11.1 Å². The number of hydrogen-bond donors (Lipinski definition) is 0. The fraction of sp³-hybridized carbons (Fsp3) is 0.600. The van der Waals surface area contributed by atoms with Gasteiger partial charge in [-0.05, 0) is 49.2 Å². The van der Waals surface area contributed by atoms with E-state index in [1.165, 1.54) is 19.1 Å². The molecule has 1 saturated heterocycles. The van der Waals surface area contributed by atoms with Crippen molar-refractivity contribution < 1.29 is 36.1 Å². The van der Waals surface area contributed by atoms with Crippen molar-refractivity contribution in [1.29, 1.82) is 0 Å². The zero-order valence-corrected chi connectivity index (χ0v) is 23.4. The van der Waals surface area contributed by atoms with Crippen LogP contribution in [0.2, 0.25) is 18.1 Å². The molecule has 0 amide bonds. The smallest absolute Gasteiger partial charge is 0.351 e. The number of fused-ring (bicyclic) bond motifs is 2. The molecule has 2 aliphatic rings. The van der Waals surface area contributed by atoms with Gasteiger partial charge in [0.1, 0.15) is 6.10 Å². The summed E-state index contributed by atoms with van der Waals surface area (Å²) in [6, 6.07) is 6.46. The second-order valence-electron chi connectivity index (χ2n) is 10.8. The van der Waals surface area contributed by atoms with Gasteiger partial charge >= 0.3 is 11.9 Å². The molecule has 1 aromatic carbocycles. The summed E-state index contributed by atoms with van der Waals surface area (Å²) in [4.78, 5) is 24.6. The highest BCUT2D eigenvalue weighted by molar-refractivity contribution is 7.86. The summed E-state index contributed by atoms with van der Waals surface area (Å²) in [6.45, 7) is 13.7. The maximum absolute atomic E-state index is 12.7. The highest BCUT2D eigenvalue weighted by atomic mass is 32.2. The van der Waals surface area contributed by atoms with E-state index >= 15 is 0 Å². The maximum Gasteiger partial charge on any atom is 0.351 e. The largest absolute Gasteiger partial charge is 0.455 e. The Morgan fingerprint density at radius 3 is 2.40 bits per heavy atom. The summed E-state index contributed by atoms with van der Waals surface area (Å²) in [5, 5.41) is -0.0840. The van der Waals surface area contributed by atoms with Gasteiger partial charge in [-0.3, -0.25) is 8.98 Å². The van der Waals surface area contributed by atoms with Crippen LogP contribution in [0.25, 0.3) is 0 Å². The van der Waals surface area contributed by atoms with Crippen LogP contribution in [0.15, 0.2) is 40.8 Å². The number of aryl methyl sites for hydroxylation is 1. The predicted octanol–water partition coefficient (Wildman–Crippen LogP) is 4.43. The number of rotatable bonds is 8. The van der Waals surface area contributed by atoms with E-state index in [-0.39, 0.29) is 35.8 Å². The Hall–Kier alpha value is -2.01. The summed E-state index contributed by atoms with van der Waals surface area (Å²) in [6.07, 6.45) is 1.42. The molecule has 3 rings (SSSR count). The summed E-state index contributed by atoms with van der Waals surface area (Å²) in [5.74, 6) is -1.11. The van der Waals surface area contributed by atoms with Crippen LogP contribution in [-0.4, -0.2) is 53.1 Å². The molecular formula is C25H36O8SSi. The van der Waals surface area contributed by atoms with Crippen molar-refractivity contribution in [3.63, 3.8) is 0 Å². The Morgan fingerprint density at radius 1 is 1.20 bits per heavy atom. The minimum atomic E-state index is -3.88. The number of benzene rings is 1. The summed E-state index contributed by atoms with van der Waals surface area (Å²) in [5.41, 5.74) is 0.362. The molecule has 0 spiro atoms. The average Bonchev–Trinajstić information content (AvgIpc) is 2.96. The molecule has 2 fully saturated rings. The maximum atomic E-state index is 12.7. The van der Waals surface area contributed by atoms with Gasteiger partial charge in [-0.15, -0.1) is 0 Å². The van der Waals surface area contributed by atoms with E-state index < -0.39 is 48.2 Å². The lowest BCUT2D eigenvalue weighted by Crippen LogP contribution is -2.51. The van der Waals surface area contributed by atoms with Crippen LogP contribution < -0.4 is 0 Å². The van der Waals surface area contributed by atoms with Crippen LogP contribution in [-0.2, 0) is 37.8 Å². The van der Waals surface area contributed by atoms with Gasteiger partial charge in [0.15, 0.2) is 8.32 Å². The molecule has 3 atom stereocenters. The predicted molar refractivity (Wildman–Crippen MR) is 133 cm³/mol. The Kier molecular flexibility index (Phi) is 7.72. The number of esters is 2. The summed E-state index contributed by atoms with van der Waals surface area (Å²) in [7, 11) is -6.14. The number of ether oxygens (including phenoxy) is 2. The molecule has 35 heavy (non-hydrogen) atoms. The fourth-order valence-electron chi connectivity index (χ4n) is 4.10. The number of carbonyl (C=O) groups is 2. The van der Waals surface area contributed by atoms with Crippen LogP contribution in [0.5, 0.6) is 0 Å². The van der Waals surface area contributed by atoms with Crippen molar-refractivity contribution in [2.45, 2.75) is 94.7 Å². The lowest BCUT2D eigenvalue weighted by Gasteiger charge is -2.43. The van der Waals surface area contributed by atoms with Gasteiger partial charge in [0.25, 0.3) is 10.1 Å². The van der Waals surface area contributed by atoms with E-state index in [0.29, 0.717) is 0 Å². The standard InChI is InChI=1S/C25H36O8SSi/c1-17-10-12-19(13-11-17)34(28,29)30-14-8-9-20-21-15-25(23(27)31-21,32-18(2)26)16-22(20)33-35(6,7)24(3,4)5/h9-13,21-22H,8,14-16H2,1-7H3/b20-9+/t21-,22-,25-/m1/s1. The van der Waals surface area contributed by atoms with Crippen LogP contribution in [0.1, 0.15) is 52.5 Å². The SMILES string of the molecule is CC(=O)O[C@@]12C[C@@H](OC1=O)/C(=C\CCOS(=O)(=O)c1ccc(C)cc1)[C@H](O[Si](C)(C)C(C)(C)C)C2. The molecule has 1 heterocycles. The first-order valence-electron chi connectivity index (χ1n) is 11.8. The van der Waals surface area contributed by atoms with Gasteiger partial charge in [-0.1, -0.05) is 44.5 Å². The molecule has 1 aliphatic heterocycles. The lowest BCUT2D eigenvalue weighted by molar-refractivity contribution is -0.172. The highest BCUT2D eigenvalue weighted by Gasteiger charge is 2.60. The molecule has 10 heteroatoms. The van der Waals surface area contributed by atoms with Gasteiger partial charge < -0.3 is 13.9 Å². The van der Waals surface area contributed by atoms with Crippen molar-refractivity contribution in [3.8, 4) is 0 Å². The first-order chi connectivity index (χ1) is 16.1. The van der Waals surface area contributed by atoms with Gasteiger partial charge in [0, 0.05) is 19.8 Å². The normalized spacial score (nSPS) is 26.0. The number of hydrogen-bond acceptors (Lipinski definition) is 8. The third-order valence-corrected chi connectivity index (χ3v) is 12.8. The summed E-state index contributed by atoms with van der Waals surface area (Å²) >= 11 is 0. The molecule has 0 unspecified atom stereocenters. The quantitative estimate of drug-likeness (QED) is 0.162. The first-order valence-corrected chi connectivity index (χ1v) is 16.1. The molecule has 1 aliphatic carbocycles. The Labute approximate surface area is 209 Å². The van der Waals surface area contributed by atoms with E-state index in [1.54, 1.807) is 12.1 Å². The first kappa shape index (κ1) is 27.6. The average molecular weight is 525 g/mol. The Bertz CT molecular complexity index is 1100. The number of carbonyl (C=O) groups excluding carboxylic acids is 2. The Morgan fingerprint density at radius 2 is 1.83 bits per heavy atom. The zero-order valence-electron chi connectivity index (χ0n) is 21.5. The second kappa shape index (κ2) is 9.80. The molecule has 1 aromatic rings. The van der Waals surface area contributed by atoms with Gasteiger partial charge in [-0.25, -0.2) is 4.79 Å². The zero-order chi connectivity index (χ0) is 26.2. The topological polar surface area (TPSA) is 105 Å². The molecule has 1 saturated carbocycles. The molecule has 2 bridgehead atoms. The van der Waals surface area contributed by atoms with E-state index in [1.807, 2.05) is 13.0 Å². The minimum absolute atomic E-state index is 0.0672. The third kappa shape index (κ3) is 6.04. The van der Waals surface area contributed by atoms with Crippen molar-refractivity contribution in [1.82, 2.24) is 0 Å². The molecule has 194 valence electrons. The van der Waals surface area contributed by atoms with Gasteiger partial charge in [-0.2, -0.15) is 8.42 Å².